The van der Waals surface area contributed by atoms with Gasteiger partial charge in [-0.1, -0.05) is 20.3 Å². The molecule has 3 heteroatoms. The molecule has 1 aliphatic rings. The van der Waals surface area contributed by atoms with Gasteiger partial charge in [-0.05, 0) is 24.7 Å². The lowest BCUT2D eigenvalue weighted by atomic mass is 9.80. The topological polar surface area (TPSA) is 12.0 Å². The van der Waals surface area contributed by atoms with Gasteiger partial charge in [-0.15, -0.1) is 0 Å². The van der Waals surface area contributed by atoms with E-state index in [9.17, 15) is 8.78 Å². The smallest absolute Gasteiger partial charge is 0.250 e. The van der Waals surface area contributed by atoms with Gasteiger partial charge < -0.3 is 5.32 Å². The zero-order chi connectivity index (χ0) is 9.84. The van der Waals surface area contributed by atoms with Crippen LogP contribution in [0.2, 0.25) is 0 Å². The third-order valence-electron chi connectivity index (χ3n) is 2.99. The molecule has 13 heavy (non-hydrogen) atoms. The number of nitrogens with one attached hydrogen (secondary N) is 1. The van der Waals surface area contributed by atoms with Gasteiger partial charge in [-0.25, -0.2) is 8.78 Å². The van der Waals surface area contributed by atoms with Crippen LogP contribution in [-0.2, 0) is 0 Å². The summed E-state index contributed by atoms with van der Waals surface area (Å²) in [6.45, 7) is 4.19. The first-order valence-electron chi connectivity index (χ1n) is 5.11. The van der Waals surface area contributed by atoms with Crippen LogP contribution in [0, 0.1) is 11.8 Å². The number of hydrogen-bond acceptors (Lipinski definition) is 1. The second-order valence-electron chi connectivity index (χ2n) is 4.30. The highest BCUT2D eigenvalue weighted by atomic mass is 19.3. The van der Waals surface area contributed by atoms with E-state index in [4.69, 9.17) is 0 Å². The monoisotopic (exact) mass is 191 g/mol. The maximum atomic E-state index is 12.0. The minimum absolute atomic E-state index is 0.151. The third kappa shape index (κ3) is 3.59. The molecule has 1 aliphatic carbocycles. The van der Waals surface area contributed by atoms with Gasteiger partial charge in [0.05, 0.1) is 6.54 Å². The molecule has 1 N–H and O–H groups in total. The largest absolute Gasteiger partial charge is 0.308 e. The molecule has 0 heterocycles. The first-order valence-corrected chi connectivity index (χ1v) is 5.11. The summed E-state index contributed by atoms with van der Waals surface area (Å²) in [7, 11) is 0. The molecule has 0 bridgehead atoms. The van der Waals surface area contributed by atoms with Crippen molar-refractivity contribution in [3.8, 4) is 0 Å². The van der Waals surface area contributed by atoms with Gasteiger partial charge in [0, 0.05) is 6.04 Å². The van der Waals surface area contributed by atoms with Crippen molar-refractivity contribution in [3.05, 3.63) is 0 Å². The minimum Gasteiger partial charge on any atom is -0.308 e. The van der Waals surface area contributed by atoms with Crippen molar-refractivity contribution in [3.63, 3.8) is 0 Å². The van der Waals surface area contributed by atoms with Crippen molar-refractivity contribution >= 4 is 0 Å². The zero-order valence-electron chi connectivity index (χ0n) is 8.39. The van der Waals surface area contributed by atoms with Crippen molar-refractivity contribution in [2.75, 3.05) is 6.54 Å². The van der Waals surface area contributed by atoms with Gasteiger partial charge >= 0.3 is 0 Å². The molecule has 78 valence electrons. The predicted molar refractivity (Wildman–Crippen MR) is 50.0 cm³/mol. The standard InChI is InChI=1S/C10H19F2N/c1-7-3-4-8(2)9(5-7)13-6-10(11)12/h7-10,13H,3-6H2,1-2H3. The van der Waals surface area contributed by atoms with E-state index >= 15 is 0 Å². The maximum Gasteiger partial charge on any atom is 0.250 e. The van der Waals surface area contributed by atoms with Gasteiger partial charge in [0.1, 0.15) is 0 Å². The summed E-state index contributed by atoms with van der Waals surface area (Å²) < 4.78 is 23.9. The molecule has 1 rings (SSSR count). The van der Waals surface area contributed by atoms with Gasteiger partial charge in [-0.2, -0.15) is 0 Å². The van der Waals surface area contributed by atoms with Crippen molar-refractivity contribution in [2.45, 2.75) is 45.6 Å². The number of alkyl halides is 2. The van der Waals surface area contributed by atoms with Crippen LogP contribution in [0.3, 0.4) is 0 Å². The fraction of sp³-hybridized carbons (Fsp3) is 1.00. The molecule has 1 saturated carbocycles. The molecule has 3 unspecified atom stereocenters. The maximum absolute atomic E-state index is 12.0. The van der Waals surface area contributed by atoms with Crippen LogP contribution < -0.4 is 5.32 Å². The van der Waals surface area contributed by atoms with Crippen LogP contribution in [0.1, 0.15) is 33.1 Å². The lowest BCUT2D eigenvalue weighted by Crippen LogP contribution is -2.41. The van der Waals surface area contributed by atoms with E-state index < -0.39 is 6.43 Å². The Kier molecular flexibility index (Phi) is 4.10. The quantitative estimate of drug-likeness (QED) is 0.723. The molecule has 3 atom stereocenters. The molecular weight excluding hydrogens is 172 g/mol. The summed E-state index contributed by atoms with van der Waals surface area (Å²) in [5.41, 5.74) is 0. The van der Waals surface area contributed by atoms with Crippen LogP contribution in [0.25, 0.3) is 0 Å². The van der Waals surface area contributed by atoms with Crippen LogP contribution in [-0.4, -0.2) is 19.0 Å². The molecule has 0 aromatic rings. The Morgan fingerprint density at radius 3 is 2.62 bits per heavy atom. The molecular formula is C10H19F2N. The second-order valence-corrected chi connectivity index (χ2v) is 4.30. The summed E-state index contributed by atoms with van der Waals surface area (Å²) in [6.07, 6.45) is 1.24. The molecule has 0 aromatic heterocycles. The number of hydrogen-bond donors (Lipinski definition) is 1. The van der Waals surface area contributed by atoms with Crippen molar-refractivity contribution in [2.24, 2.45) is 11.8 Å². The van der Waals surface area contributed by atoms with Gasteiger partial charge in [0.2, 0.25) is 0 Å². The molecule has 1 nitrogen and oxygen atoms in total. The van der Waals surface area contributed by atoms with E-state index in [-0.39, 0.29) is 6.54 Å². The van der Waals surface area contributed by atoms with Crippen molar-refractivity contribution in [1.82, 2.24) is 5.32 Å². The summed E-state index contributed by atoms with van der Waals surface area (Å²) in [5, 5.41) is 2.95. The highest BCUT2D eigenvalue weighted by Gasteiger charge is 2.25. The molecule has 0 aliphatic heterocycles. The van der Waals surface area contributed by atoms with Crippen LogP contribution in [0.4, 0.5) is 8.78 Å². The minimum atomic E-state index is -2.22. The highest BCUT2D eigenvalue weighted by Crippen LogP contribution is 2.28. The molecule has 0 spiro atoms. The zero-order valence-corrected chi connectivity index (χ0v) is 8.39. The van der Waals surface area contributed by atoms with Gasteiger partial charge in [0.15, 0.2) is 0 Å². The first-order chi connectivity index (χ1) is 6.09. The molecule has 0 amide bonds. The molecule has 1 fully saturated rings. The molecule has 0 saturated heterocycles. The van der Waals surface area contributed by atoms with E-state index in [1.807, 2.05) is 0 Å². The first kappa shape index (κ1) is 10.9. The Labute approximate surface area is 78.9 Å². The summed E-state index contributed by atoms with van der Waals surface area (Å²) >= 11 is 0. The number of rotatable bonds is 3. The lowest BCUT2D eigenvalue weighted by Gasteiger charge is -2.33. The molecule has 0 aromatic carbocycles. The fourth-order valence-corrected chi connectivity index (χ4v) is 2.06. The average Bonchev–Trinajstić information content (AvgIpc) is 2.06. The van der Waals surface area contributed by atoms with E-state index in [0.717, 1.165) is 6.42 Å². The Hall–Kier alpha value is -0.180. The fourth-order valence-electron chi connectivity index (χ4n) is 2.06. The second kappa shape index (κ2) is 4.89. The third-order valence-corrected chi connectivity index (χ3v) is 2.99. The van der Waals surface area contributed by atoms with Crippen molar-refractivity contribution < 1.29 is 8.78 Å². The van der Waals surface area contributed by atoms with Gasteiger partial charge in [-0.3, -0.25) is 0 Å². The summed E-state index contributed by atoms with van der Waals surface area (Å²) in [4.78, 5) is 0. The van der Waals surface area contributed by atoms with Crippen LogP contribution in [0.15, 0.2) is 0 Å². The Bertz CT molecular complexity index is 150. The van der Waals surface area contributed by atoms with Gasteiger partial charge in [0.25, 0.3) is 6.43 Å². The van der Waals surface area contributed by atoms with Crippen molar-refractivity contribution in [1.29, 1.82) is 0 Å². The number of halogens is 2. The van der Waals surface area contributed by atoms with E-state index in [2.05, 4.69) is 19.2 Å². The lowest BCUT2D eigenvalue weighted by molar-refractivity contribution is 0.126. The Balaban J connectivity index is 2.29. The van der Waals surface area contributed by atoms with Crippen LogP contribution >= 0.6 is 0 Å². The van der Waals surface area contributed by atoms with E-state index in [0.29, 0.717) is 17.9 Å². The predicted octanol–water partition coefficient (Wildman–Crippen LogP) is 2.67. The SMILES string of the molecule is CC1CCC(C)C(NCC(F)F)C1. The van der Waals surface area contributed by atoms with Crippen LogP contribution in [0.5, 0.6) is 0 Å². The summed E-state index contributed by atoms with van der Waals surface area (Å²) in [5.74, 6) is 1.24. The highest BCUT2D eigenvalue weighted by molar-refractivity contribution is 4.81. The average molecular weight is 191 g/mol. The Morgan fingerprint density at radius 2 is 2.00 bits per heavy atom. The Morgan fingerprint density at radius 1 is 1.31 bits per heavy atom. The summed E-state index contributed by atoms with van der Waals surface area (Å²) in [6, 6.07) is 0.303. The molecule has 0 radical (unpaired) electrons. The van der Waals surface area contributed by atoms with E-state index in [1.54, 1.807) is 0 Å². The van der Waals surface area contributed by atoms with E-state index in [1.165, 1.54) is 12.8 Å². The normalized spacial score (nSPS) is 35.3.